The summed E-state index contributed by atoms with van der Waals surface area (Å²) in [6.45, 7) is 3.48. The highest BCUT2D eigenvalue weighted by Crippen LogP contribution is 2.26. The van der Waals surface area contributed by atoms with E-state index in [4.69, 9.17) is 16.3 Å². The van der Waals surface area contributed by atoms with E-state index in [1.165, 1.54) is 60.8 Å². The molecule has 0 unspecified atom stereocenters. The molecule has 1 heterocycles. The Morgan fingerprint density at radius 2 is 1.67 bits per heavy atom. The van der Waals surface area contributed by atoms with Crippen LogP contribution < -0.4 is 14.8 Å². The molecule has 0 spiro atoms. The predicted molar refractivity (Wildman–Crippen MR) is 144 cm³/mol. The van der Waals surface area contributed by atoms with Crippen LogP contribution in [-0.2, 0) is 10.0 Å². The summed E-state index contributed by atoms with van der Waals surface area (Å²) in [7, 11) is -4.04. The van der Waals surface area contributed by atoms with E-state index < -0.39 is 33.7 Å². The summed E-state index contributed by atoms with van der Waals surface area (Å²) < 4.78 is 46.1. The van der Waals surface area contributed by atoms with Crippen molar-refractivity contribution in [2.45, 2.75) is 24.8 Å². The number of aromatic nitrogens is 1. The number of carbonyl (C=O) groups excluding carboxylic acids is 2. The molecule has 0 saturated heterocycles. The van der Waals surface area contributed by atoms with Gasteiger partial charge in [-0.15, -0.1) is 0 Å². The van der Waals surface area contributed by atoms with Crippen molar-refractivity contribution in [2.24, 2.45) is 0 Å². The normalized spacial score (nSPS) is 11.9. The van der Waals surface area contributed by atoms with Crippen LogP contribution in [0.4, 0.5) is 4.39 Å². The maximum absolute atomic E-state index is 13.2. The molecule has 1 aromatic heterocycles. The summed E-state index contributed by atoms with van der Waals surface area (Å²) in [6, 6.07) is 18.5. The van der Waals surface area contributed by atoms with Crippen LogP contribution in [0.5, 0.6) is 11.6 Å². The van der Waals surface area contributed by atoms with Crippen LogP contribution >= 0.6 is 11.6 Å². The number of hydrogen-bond donors (Lipinski definition) is 2. The van der Waals surface area contributed by atoms with Crippen LogP contribution in [-0.4, -0.2) is 25.2 Å². The van der Waals surface area contributed by atoms with Gasteiger partial charge in [-0.25, -0.2) is 22.5 Å². The Morgan fingerprint density at radius 3 is 2.33 bits per heavy atom. The van der Waals surface area contributed by atoms with Gasteiger partial charge in [-0.05, 0) is 79.6 Å². The zero-order valence-electron chi connectivity index (χ0n) is 20.8. The number of nitrogens with zero attached hydrogens (tertiary/aromatic N) is 1. The lowest BCUT2D eigenvalue weighted by atomic mass is 10.1. The third-order valence-corrected chi connectivity index (χ3v) is 7.17. The van der Waals surface area contributed by atoms with Gasteiger partial charge in [-0.1, -0.05) is 35.9 Å². The molecule has 11 heteroatoms. The number of nitrogens with one attached hydrogen (secondary N) is 2. The van der Waals surface area contributed by atoms with Gasteiger partial charge in [0.05, 0.1) is 16.0 Å². The zero-order valence-corrected chi connectivity index (χ0v) is 22.4. The summed E-state index contributed by atoms with van der Waals surface area (Å²) in [5.74, 6) is -1.48. The Balaban J connectivity index is 1.45. The lowest BCUT2D eigenvalue weighted by molar-refractivity contribution is 0.0934. The van der Waals surface area contributed by atoms with Crippen molar-refractivity contribution in [2.75, 3.05) is 0 Å². The standard InChI is InChI=1S/C28H23ClFN3O5S/c1-17-4-3-5-24(14-17)39(36,37)33-26(34)20-8-6-19(7-9-20)18(2)32-27(35)25-15-21(29)16-31-28(25)38-23-12-10-22(30)11-13-23/h3-16,18H,1-2H3,(H,32,35)(H,33,34)/t18-/m0/s1. The molecule has 0 aliphatic carbocycles. The summed E-state index contributed by atoms with van der Waals surface area (Å²) in [5, 5.41) is 3.03. The predicted octanol–water partition coefficient (Wildman–Crippen LogP) is 5.58. The minimum absolute atomic E-state index is 0.0120. The van der Waals surface area contributed by atoms with Gasteiger partial charge in [0, 0.05) is 11.8 Å². The van der Waals surface area contributed by atoms with E-state index in [1.807, 2.05) is 0 Å². The number of hydrogen-bond acceptors (Lipinski definition) is 6. The number of ether oxygens (including phenoxy) is 1. The van der Waals surface area contributed by atoms with Crippen molar-refractivity contribution in [3.8, 4) is 11.6 Å². The van der Waals surface area contributed by atoms with Gasteiger partial charge in [0.2, 0.25) is 5.88 Å². The number of halogens is 2. The fourth-order valence-electron chi connectivity index (χ4n) is 3.59. The average Bonchev–Trinajstić information content (AvgIpc) is 2.90. The Kier molecular flexibility index (Phi) is 8.27. The van der Waals surface area contributed by atoms with E-state index >= 15 is 0 Å². The van der Waals surface area contributed by atoms with Gasteiger partial charge in [0.25, 0.3) is 21.8 Å². The molecule has 0 fully saturated rings. The highest BCUT2D eigenvalue weighted by molar-refractivity contribution is 7.90. The molecule has 0 bridgehead atoms. The van der Waals surface area contributed by atoms with Crippen molar-refractivity contribution >= 4 is 33.4 Å². The van der Waals surface area contributed by atoms with E-state index in [0.29, 0.717) is 5.56 Å². The lowest BCUT2D eigenvalue weighted by Gasteiger charge is -2.16. The van der Waals surface area contributed by atoms with Crippen molar-refractivity contribution < 1.29 is 27.1 Å². The minimum atomic E-state index is -4.04. The highest BCUT2D eigenvalue weighted by atomic mass is 35.5. The fourth-order valence-corrected chi connectivity index (χ4v) is 4.82. The third-order valence-electron chi connectivity index (χ3n) is 5.64. The summed E-state index contributed by atoms with van der Waals surface area (Å²) in [6.07, 6.45) is 1.32. The van der Waals surface area contributed by atoms with Crippen LogP contribution in [0.2, 0.25) is 5.02 Å². The number of benzene rings is 3. The second-order valence-electron chi connectivity index (χ2n) is 8.63. The van der Waals surface area contributed by atoms with Crippen molar-refractivity contribution in [3.05, 3.63) is 118 Å². The van der Waals surface area contributed by atoms with Gasteiger partial charge < -0.3 is 10.1 Å². The first-order chi connectivity index (χ1) is 18.5. The highest BCUT2D eigenvalue weighted by Gasteiger charge is 2.21. The monoisotopic (exact) mass is 567 g/mol. The largest absolute Gasteiger partial charge is 0.438 e. The third kappa shape index (κ3) is 6.98. The molecule has 4 aromatic rings. The number of sulfonamides is 1. The molecule has 200 valence electrons. The maximum Gasteiger partial charge on any atom is 0.264 e. The first-order valence-electron chi connectivity index (χ1n) is 11.7. The molecule has 2 N–H and O–H groups in total. The summed E-state index contributed by atoms with van der Waals surface area (Å²) in [4.78, 5) is 29.7. The molecule has 39 heavy (non-hydrogen) atoms. The van der Waals surface area contributed by atoms with Crippen LogP contribution in [0.15, 0.2) is 90.0 Å². The zero-order chi connectivity index (χ0) is 28.2. The molecule has 0 radical (unpaired) electrons. The van der Waals surface area contributed by atoms with Crippen LogP contribution in [0.25, 0.3) is 0 Å². The second kappa shape index (κ2) is 11.6. The van der Waals surface area contributed by atoms with E-state index in [2.05, 4.69) is 15.0 Å². The Hall–Kier alpha value is -4.28. The maximum atomic E-state index is 13.2. The van der Waals surface area contributed by atoms with Gasteiger partial charge in [0.15, 0.2) is 0 Å². The molecule has 1 atom stereocenters. The Bertz CT molecular complexity index is 1630. The first-order valence-corrected chi connectivity index (χ1v) is 13.5. The molecule has 0 saturated carbocycles. The van der Waals surface area contributed by atoms with Gasteiger partial charge in [-0.3, -0.25) is 9.59 Å². The van der Waals surface area contributed by atoms with E-state index in [-0.39, 0.29) is 32.7 Å². The number of amides is 2. The van der Waals surface area contributed by atoms with E-state index in [0.717, 1.165) is 5.56 Å². The van der Waals surface area contributed by atoms with Crippen LogP contribution in [0.1, 0.15) is 44.8 Å². The first kappa shape index (κ1) is 27.7. The molecule has 2 amide bonds. The SMILES string of the molecule is Cc1cccc(S(=O)(=O)NC(=O)c2ccc([C@H](C)NC(=O)c3cc(Cl)cnc3Oc3ccc(F)cc3)cc2)c1. The molecule has 0 aliphatic heterocycles. The van der Waals surface area contributed by atoms with Crippen LogP contribution in [0.3, 0.4) is 0 Å². The Labute approximate surface area is 229 Å². The molecule has 3 aromatic carbocycles. The molecule has 0 aliphatic rings. The van der Waals surface area contributed by atoms with Crippen molar-refractivity contribution in [1.29, 1.82) is 0 Å². The molecule has 4 rings (SSSR count). The topological polar surface area (TPSA) is 114 Å². The molecule has 8 nitrogen and oxygen atoms in total. The average molecular weight is 568 g/mol. The van der Waals surface area contributed by atoms with E-state index in [9.17, 15) is 22.4 Å². The lowest BCUT2D eigenvalue weighted by Crippen LogP contribution is -2.30. The van der Waals surface area contributed by atoms with Gasteiger partial charge in [-0.2, -0.15) is 0 Å². The summed E-state index contributed by atoms with van der Waals surface area (Å²) >= 11 is 6.05. The number of pyridine rings is 1. The molecular weight excluding hydrogens is 545 g/mol. The molecular formula is C28H23ClFN3O5S. The van der Waals surface area contributed by atoms with Crippen molar-refractivity contribution in [1.82, 2.24) is 15.0 Å². The van der Waals surface area contributed by atoms with Crippen molar-refractivity contribution in [3.63, 3.8) is 0 Å². The van der Waals surface area contributed by atoms with Gasteiger partial charge >= 0.3 is 0 Å². The van der Waals surface area contributed by atoms with Gasteiger partial charge in [0.1, 0.15) is 17.1 Å². The second-order valence-corrected chi connectivity index (χ2v) is 10.7. The minimum Gasteiger partial charge on any atom is -0.438 e. The number of aryl methyl sites for hydroxylation is 1. The Morgan fingerprint density at radius 1 is 0.974 bits per heavy atom. The number of carbonyl (C=O) groups is 2. The smallest absolute Gasteiger partial charge is 0.264 e. The fraction of sp³-hybridized carbons (Fsp3) is 0.107. The van der Waals surface area contributed by atoms with Crippen LogP contribution in [0, 0.1) is 12.7 Å². The number of rotatable bonds is 8. The van der Waals surface area contributed by atoms with E-state index in [1.54, 1.807) is 38.1 Å². The summed E-state index contributed by atoms with van der Waals surface area (Å²) in [5.41, 5.74) is 1.59. The quantitative estimate of drug-likeness (QED) is 0.287.